The molecule has 0 saturated carbocycles. The Morgan fingerprint density at radius 1 is 1.08 bits per heavy atom. The molecule has 2 aliphatic rings. The molecule has 2 saturated heterocycles. The SMILES string of the molecule is CN1CCN([C@@H]2CCN(Cc3cccc(-c4ccco4)c3)C[C@H]2O)CC1. The van der Waals surface area contributed by atoms with Crippen molar-refractivity contribution in [1.29, 1.82) is 0 Å². The Balaban J connectivity index is 1.35. The molecule has 5 heteroatoms. The van der Waals surface area contributed by atoms with Crippen molar-refractivity contribution in [1.82, 2.24) is 14.7 Å². The van der Waals surface area contributed by atoms with E-state index in [9.17, 15) is 5.11 Å². The summed E-state index contributed by atoms with van der Waals surface area (Å²) in [4.78, 5) is 7.22. The zero-order chi connectivity index (χ0) is 17.9. The van der Waals surface area contributed by atoms with E-state index in [2.05, 4.69) is 46.0 Å². The number of benzene rings is 1. The van der Waals surface area contributed by atoms with Crippen molar-refractivity contribution in [3.63, 3.8) is 0 Å². The Morgan fingerprint density at radius 3 is 2.65 bits per heavy atom. The van der Waals surface area contributed by atoms with Crippen molar-refractivity contribution in [2.45, 2.75) is 25.1 Å². The zero-order valence-corrected chi connectivity index (χ0v) is 15.6. The minimum atomic E-state index is -0.264. The molecule has 1 aromatic heterocycles. The van der Waals surface area contributed by atoms with Crippen LogP contribution in [0.25, 0.3) is 11.3 Å². The minimum absolute atomic E-state index is 0.264. The smallest absolute Gasteiger partial charge is 0.133 e. The number of hydrogen-bond acceptors (Lipinski definition) is 5. The van der Waals surface area contributed by atoms with Crippen LogP contribution < -0.4 is 0 Å². The summed E-state index contributed by atoms with van der Waals surface area (Å²) in [5.74, 6) is 0.903. The molecule has 2 aromatic rings. The molecule has 1 aromatic carbocycles. The molecule has 0 spiro atoms. The van der Waals surface area contributed by atoms with Crippen LogP contribution in [0, 0.1) is 0 Å². The molecule has 26 heavy (non-hydrogen) atoms. The number of rotatable bonds is 4. The fourth-order valence-corrected chi connectivity index (χ4v) is 4.23. The van der Waals surface area contributed by atoms with Crippen LogP contribution in [0.15, 0.2) is 47.1 Å². The Hall–Kier alpha value is -1.66. The summed E-state index contributed by atoms with van der Waals surface area (Å²) in [7, 11) is 2.17. The number of hydrogen-bond donors (Lipinski definition) is 1. The summed E-state index contributed by atoms with van der Waals surface area (Å²) in [5.41, 5.74) is 2.38. The lowest BCUT2D eigenvalue weighted by Crippen LogP contribution is -2.58. The molecule has 0 unspecified atom stereocenters. The van der Waals surface area contributed by atoms with Crippen molar-refractivity contribution in [2.75, 3.05) is 46.3 Å². The summed E-state index contributed by atoms with van der Waals surface area (Å²) in [6, 6.07) is 12.7. The first-order chi connectivity index (χ1) is 12.7. The van der Waals surface area contributed by atoms with Gasteiger partial charge in [0, 0.05) is 57.4 Å². The molecule has 3 heterocycles. The largest absolute Gasteiger partial charge is 0.464 e. The third kappa shape index (κ3) is 4.01. The quantitative estimate of drug-likeness (QED) is 0.910. The highest BCUT2D eigenvalue weighted by Crippen LogP contribution is 2.23. The van der Waals surface area contributed by atoms with Gasteiger partial charge in [-0.1, -0.05) is 18.2 Å². The summed E-state index contributed by atoms with van der Waals surface area (Å²) in [5, 5.41) is 10.7. The van der Waals surface area contributed by atoms with Gasteiger partial charge in [-0.2, -0.15) is 0 Å². The summed E-state index contributed by atoms with van der Waals surface area (Å²) < 4.78 is 5.51. The van der Waals surface area contributed by atoms with Crippen LogP contribution >= 0.6 is 0 Å². The third-order valence-corrected chi connectivity index (χ3v) is 5.78. The minimum Gasteiger partial charge on any atom is -0.464 e. The number of likely N-dealkylation sites (N-methyl/N-ethyl adjacent to an activating group) is 1. The Labute approximate surface area is 155 Å². The van der Waals surface area contributed by atoms with E-state index in [1.165, 1.54) is 5.56 Å². The predicted octanol–water partition coefficient (Wildman–Crippen LogP) is 2.13. The molecule has 5 nitrogen and oxygen atoms in total. The predicted molar refractivity (Wildman–Crippen MR) is 103 cm³/mol. The monoisotopic (exact) mass is 355 g/mol. The molecule has 2 atom stereocenters. The molecule has 140 valence electrons. The second kappa shape index (κ2) is 7.92. The van der Waals surface area contributed by atoms with Gasteiger partial charge in [-0.05, 0) is 37.2 Å². The number of β-amino-alcohol motifs (C(OH)–C–C–N with tert-alkyl or cyclic N) is 1. The fourth-order valence-electron chi connectivity index (χ4n) is 4.23. The van der Waals surface area contributed by atoms with Gasteiger partial charge in [0.1, 0.15) is 5.76 Å². The maximum atomic E-state index is 10.7. The average molecular weight is 355 g/mol. The highest BCUT2D eigenvalue weighted by molar-refractivity contribution is 5.58. The highest BCUT2D eigenvalue weighted by atomic mass is 16.3. The van der Waals surface area contributed by atoms with Crippen LogP contribution in [0.5, 0.6) is 0 Å². The van der Waals surface area contributed by atoms with E-state index < -0.39 is 0 Å². The normalized spacial score (nSPS) is 26.2. The first-order valence-electron chi connectivity index (χ1n) is 9.65. The van der Waals surface area contributed by atoms with E-state index in [0.29, 0.717) is 6.04 Å². The van der Waals surface area contributed by atoms with Gasteiger partial charge in [0.05, 0.1) is 12.4 Å². The first-order valence-corrected chi connectivity index (χ1v) is 9.65. The van der Waals surface area contributed by atoms with E-state index >= 15 is 0 Å². The molecule has 0 amide bonds. The number of piperidine rings is 1. The van der Waals surface area contributed by atoms with Gasteiger partial charge in [-0.25, -0.2) is 0 Å². The first kappa shape index (κ1) is 17.7. The van der Waals surface area contributed by atoms with Crippen molar-refractivity contribution in [3.8, 4) is 11.3 Å². The topological polar surface area (TPSA) is 43.1 Å². The molecule has 4 rings (SSSR count). The molecule has 0 aliphatic carbocycles. The Kier molecular flexibility index (Phi) is 5.41. The van der Waals surface area contributed by atoms with E-state index in [4.69, 9.17) is 4.42 Å². The molecule has 1 N–H and O–H groups in total. The highest BCUT2D eigenvalue weighted by Gasteiger charge is 2.33. The van der Waals surface area contributed by atoms with E-state index in [1.54, 1.807) is 6.26 Å². The van der Waals surface area contributed by atoms with Gasteiger partial charge in [0.2, 0.25) is 0 Å². The number of aliphatic hydroxyl groups excluding tert-OH is 1. The van der Waals surface area contributed by atoms with Gasteiger partial charge in [0.15, 0.2) is 0 Å². The molecular weight excluding hydrogens is 326 g/mol. The van der Waals surface area contributed by atoms with Crippen LogP contribution in [0.4, 0.5) is 0 Å². The van der Waals surface area contributed by atoms with Gasteiger partial charge < -0.3 is 14.4 Å². The molecule has 0 radical (unpaired) electrons. The number of likely N-dealkylation sites (tertiary alicyclic amines) is 1. The summed E-state index contributed by atoms with van der Waals surface area (Å²) in [6.45, 7) is 7.02. The second-order valence-corrected chi connectivity index (χ2v) is 7.68. The van der Waals surface area contributed by atoms with Crippen LogP contribution in [0.1, 0.15) is 12.0 Å². The zero-order valence-electron chi connectivity index (χ0n) is 15.6. The lowest BCUT2D eigenvalue weighted by molar-refractivity contribution is -0.0286. The maximum absolute atomic E-state index is 10.7. The van der Waals surface area contributed by atoms with Crippen LogP contribution in [-0.2, 0) is 6.54 Å². The van der Waals surface area contributed by atoms with Crippen molar-refractivity contribution in [3.05, 3.63) is 48.2 Å². The third-order valence-electron chi connectivity index (χ3n) is 5.78. The van der Waals surface area contributed by atoms with Crippen LogP contribution in [0.2, 0.25) is 0 Å². The average Bonchev–Trinajstić information content (AvgIpc) is 3.18. The van der Waals surface area contributed by atoms with E-state index in [1.807, 2.05) is 12.1 Å². The second-order valence-electron chi connectivity index (χ2n) is 7.68. The molecule has 2 fully saturated rings. The van der Waals surface area contributed by atoms with Crippen LogP contribution in [0.3, 0.4) is 0 Å². The van der Waals surface area contributed by atoms with Crippen LogP contribution in [-0.4, -0.2) is 78.3 Å². The van der Waals surface area contributed by atoms with Crippen molar-refractivity contribution >= 4 is 0 Å². The Morgan fingerprint density at radius 2 is 1.92 bits per heavy atom. The van der Waals surface area contributed by atoms with Gasteiger partial charge in [-0.15, -0.1) is 0 Å². The molecular formula is C21H29N3O2. The number of aliphatic hydroxyl groups is 1. The van der Waals surface area contributed by atoms with Crippen molar-refractivity contribution in [2.24, 2.45) is 0 Å². The maximum Gasteiger partial charge on any atom is 0.133 e. The fraction of sp³-hybridized carbons (Fsp3) is 0.524. The van der Waals surface area contributed by atoms with Gasteiger partial charge >= 0.3 is 0 Å². The van der Waals surface area contributed by atoms with Crippen molar-refractivity contribution < 1.29 is 9.52 Å². The summed E-state index contributed by atoms with van der Waals surface area (Å²) >= 11 is 0. The Bertz CT molecular complexity index is 695. The number of piperazine rings is 1. The number of nitrogens with zero attached hydrogens (tertiary/aromatic N) is 3. The lowest BCUT2D eigenvalue weighted by Gasteiger charge is -2.44. The van der Waals surface area contributed by atoms with E-state index in [0.717, 1.165) is 63.6 Å². The summed E-state index contributed by atoms with van der Waals surface area (Å²) in [6.07, 6.45) is 2.49. The number of furan rings is 1. The standard InChI is InChI=1S/C21H29N3O2/c1-22-9-11-24(12-10-22)19-7-8-23(16-20(19)25)15-17-4-2-5-18(14-17)21-6-3-13-26-21/h2-6,13-14,19-20,25H,7-12,15-16H2,1H3/t19-,20-/m1/s1. The van der Waals surface area contributed by atoms with Gasteiger partial charge in [0.25, 0.3) is 0 Å². The van der Waals surface area contributed by atoms with E-state index in [-0.39, 0.29) is 6.10 Å². The molecule has 0 bridgehead atoms. The lowest BCUT2D eigenvalue weighted by atomic mass is 9.98. The van der Waals surface area contributed by atoms with Gasteiger partial charge in [-0.3, -0.25) is 9.80 Å². The molecule has 2 aliphatic heterocycles.